The van der Waals surface area contributed by atoms with E-state index < -0.39 is 14.9 Å². The van der Waals surface area contributed by atoms with Crippen LogP contribution in [0, 0.1) is 24.0 Å². The number of benzene rings is 2. The molecule has 12 heteroatoms. The average Bonchev–Trinajstić information content (AvgIpc) is 3.13. The van der Waals surface area contributed by atoms with Crippen LogP contribution in [0.1, 0.15) is 11.4 Å². The number of nitrogens with one attached hydrogen (secondary N) is 1. The van der Waals surface area contributed by atoms with Gasteiger partial charge < -0.3 is 4.74 Å². The summed E-state index contributed by atoms with van der Waals surface area (Å²) < 4.78 is 35.1. The molecule has 0 amide bonds. The number of anilines is 1. The predicted octanol–water partition coefficient (Wildman–Crippen LogP) is 3.78. The molecule has 0 aliphatic heterocycles. The van der Waals surface area contributed by atoms with Crippen molar-refractivity contribution < 1.29 is 18.1 Å². The minimum Gasteiger partial charge on any atom is -0.439 e. The van der Waals surface area contributed by atoms with Crippen LogP contribution in [-0.4, -0.2) is 32.9 Å². The van der Waals surface area contributed by atoms with E-state index in [1.807, 2.05) is 18.4 Å². The lowest BCUT2D eigenvalue weighted by molar-refractivity contribution is -0.385. The van der Waals surface area contributed by atoms with Gasteiger partial charge in [0.25, 0.3) is 15.7 Å². The van der Waals surface area contributed by atoms with Gasteiger partial charge in [-0.1, -0.05) is 6.07 Å². The molecule has 2 heterocycles. The van der Waals surface area contributed by atoms with Crippen LogP contribution >= 0.6 is 0 Å². The number of aromatic nitrogens is 4. The van der Waals surface area contributed by atoms with Crippen LogP contribution in [0.2, 0.25) is 0 Å². The summed E-state index contributed by atoms with van der Waals surface area (Å²) in [6.45, 7) is 3.83. The summed E-state index contributed by atoms with van der Waals surface area (Å²) in [6.07, 6.45) is 3.04. The molecule has 0 spiro atoms. The first-order valence-electron chi connectivity index (χ1n) is 9.61. The zero-order valence-electron chi connectivity index (χ0n) is 17.5. The van der Waals surface area contributed by atoms with Gasteiger partial charge in [0.2, 0.25) is 5.88 Å². The first kappa shape index (κ1) is 21.9. The summed E-state index contributed by atoms with van der Waals surface area (Å²) in [4.78, 5) is 22.6. The number of ether oxygens (including phenoxy) is 1. The highest BCUT2D eigenvalue weighted by molar-refractivity contribution is 7.92. The van der Waals surface area contributed by atoms with Crippen molar-refractivity contribution in [1.82, 2.24) is 19.5 Å². The third-order valence-corrected chi connectivity index (χ3v) is 6.17. The van der Waals surface area contributed by atoms with E-state index in [9.17, 15) is 18.5 Å². The van der Waals surface area contributed by atoms with Crippen molar-refractivity contribution in [3.8, 4) is 17.4 Å². The smallest absolute Gasteiger partial charge is 0.270 e. The summed E-state index contributed by atoms with van der Waals surface area (Å²) >= 11 is 0. The van der Waals surface area contributed by atoms with Gasteiger partial charge in [-0.2, -0.15) is 0 Å². The number of aryl methyl sites for hydroxylation is 1. The number of nitro groups is 1. The van der Waals surface area contributed by atoms with Crippen LogP contribution in [0.4, 0.5) is 11.4 Å². The third-order valence-electron chi connectivity index (χ3n) is 4.79. The van der Waals surface area contributed by atoms with Gasteiger partial charge in [-0.3, -0.25) is 19.4 Å². The largest absolute Gasteiger partial charge is 0.439 e. The summed E-state index contributed by atoms with van der Waals surface area (Å²) in [5, 5.41) is 10.9. The number of non-ortho nitro benzene ring substituents is 1. The van der Waals surface area contributed by atoms with Crippen molar-refractivity contribution in [3.63, 3.8) is 0 Å². The quantitative estimate of drug-likeness (QED) is 0.320. The fraction of sp³-hybridized carbons (Fsp3) is 0.0952. The van der Waals surface area contributed by atoms with E-state index in [-0.39, 0.29) is 16.3 Å². The number of nitro benzene ring substituents is 1. The Hall–Kier alpha value is -4.32. The molecule has 0 unspecified atom stereocenters. The summed E-state index contributed by atoms with van der Waals surface area (Å²) in [7, 11) is -4.00. The second-order valence-corrected chi connectivity index (χ2v) is 8.67. The van der Waals surface area contributed by atoms with Crippen molar-refractivity contribution in [2.75, 3.05) is 4.72 Å². The maximum atomic E-state index is 12.6. The Morgan fingerprint density at radius 1 is 1.03 bits per heavy atom. The van der Waals surface area contributed by atoms with E-state index in [1.54, 1.807) is 24.5 Å². The Morgan fingerprint density at radius 2 is 1.79 bits per heavy atom. The third kappa shape index (κ3) is 4.80. The average molecular weight is 466 g/mol. The van der Waals surface area contributed by atoms with Gasteiger partial charge in [0.1, 0.15) is 24.2 Å². The molecule has 33 heavy (non-hydrogen) atoms. The lowest BCUT2D eigenvalue weighted by atomic mass is 10.3. The molecule has 4 rings (SSSR count). The van der Waals surface area contributed by atoms with Crippen LogP contribution in [0.3, 0.4) is 0 Å². The zero-order chi connectivity index (χ0) is 23.6. The van der Waals surface area contributed by atoms with Crippen molar-refractivity contribution in [2.24, 2.45) is 0 Å². The monoisotopic (exact) mass is 466 g/mol. The number of hydrogen-bond acceptors (Lipinski definition) is 8. The van der Waals surface area contributed by atoms with Crippen LogP contribution in [-0.2, 0) is 10.0 Å². The summed E-state index contributed by atoms with van der Waals surface area (Å²) in [5.41, 5.74) is 1.79. The van der Waals surface area contributed by atoms with Gasteiger partial charge in [0.15, 0.2) is 0 Å². The molecule has 0 aliphatic rings. The van der Waals surface area contributed by atoms with Gasteiger partial charge in [-0.05, 0) is 44.2 Å². The van der Waals surface area contributed by atoms with Gasteiger partial charge in [0.05, 0.1) is 15.5 Å². The fourth-order valence-corrected chi connectivity index (χ4v) is 4.04. The molecule has 168 valence electrons. The molecule has 2 aromatic heterocycles. The first-order valence-corrected chi connectivity index (χ1v) is 11.1. The van der Waals surface area contributed by atoms with Gasteiger partial charge in [0, 0.05) is 29.6 Å². The minimum atomic E-state index is -4.00. The van der Waals surface area contributed by atoms with E-state index >= 15 is 0 Å². The topological polar surface area (TPSA) is 142 Å². The molecule has 0 radical (unpaired) electrons. The Labute approximate surface area is 188 Å². The van der Waals surface area contributed by atoms with E-state index in [4.69, 9.17) is 4.74 Å². The fourth-order valence-electron chi connectivity index (χ4n) is 2.94. The lowest BCUT2D eigenvalue weighted by Gasteiger charge is -2.10. The Kier molecular flexibility index (Phi) is 5.75. The van der Waals surface area contributed by atoms with E-state index in [0.29, 0.717) is 17.4 Å². The first-order chi connectivity index (χ1) is 15.7. The summed E-state index contributed by atoms with van der Waals surface area (Å²) in [5.74, 6) is 1.33. The van der Waals surface area contributed by atoms with Gasteiger partial charge >= 0.3 is 0 Å². The van der Waals surface area contributed by atoms with Crippen molar-refractivity contribution in [2.45, 2.75) is 18.7 Å². The number of nitrogens with zero attached hydrogens (tertiary/aromatic N) is 5. The molecule has 0 bridgehead atoms. The lowest BCUT2D eigenvalue weighted by Crippen LogP contribution is -2.13. The molecule has 0 atom stereocenters. The van der Waals surface area contributed by atoms with E-state index in [1.165, 1.54) is 36.7 Å². The zero-order valence-corrected chi connectivity index (χ0v) is 18.4. The highest BCUT2D eigenvalue weighted by atomic mass is 32.2. The van der Waals surface area contributed by atoms with Crippen LogP contribution < -0.4 is 9.46 Å². The standard InChI is InChI=1S/C21H18N6O5S/c1-14-15(2)26(13-24-14)20-11-21(23-12-22-20)32-18-8-6-16(7-9-18)25-33(30,31)19-5-3-4-17(10-19)27(28)29/h3-13,25H,1-2H3. The van der Waals surface area contributed by atoms with Gasteiger partial charge in [-0.25, -0.2) is 23.4 Å². The highest BCUT2D eigenvalue weighted by Crippen LogP contribution is 2.25. The Bertz CT molecular complexity index is 1430. The maximum Gasteiger partial charge on any atom is 0.270 e. The second kappa shape index (κ2) is 8.67. The van der Waals surface area contributed by atoms with Gasteiger partial charge in [-0.15, -0.1) is 0 Å². The van der Waals surface area contributed by atoms with E-state index in [2.05, 4.69) is 19.7 Å². The molecule has 2 aromatic carbocycles. The molecular formula is C21H18N6O5S. The molecule has 0 saturated heterocycles. The number of imidazole rings is 1. The number of hydrogen-bond donors (Lipinski definition) is 1. The van der Waals surface area contributed by atoms with Crippen LogP contribution in [0.25, 0.3) is 5.82 Å². The molecule has 1 N–H and O–H groups in total. The van der Waals surface area contributed by atoms with Crippen LogP contribution in [0.15, 0.2) is 72.1 Å². The highest BCUT2D eigenvalue weighted by Gasteiger charge is 2.18. The molecule has 0 aliphatic carbocycles. The second-order valence-electron chi connectivity index (χ2n) is 6.99. The van der Waals surface area contributed by atoms with Crippen molar-refractivity contribution in [1.29, 1.82) is 0 Å². The van der Waals surface area contributed by atoms with Crippen molar-refractivity contribution in [3.05, 3.63) is 88.8 Å². The Morgan fingerprint density at radius 3 is 2.45 bits per heavy atom. The molecule has 4 aromatic rings. The van der Waals surface area contributed by atoms with E-state index in [0.717, 1.165) is 17.5 Å². The maximum absolute atomic E-state index is 12.6. The molecular weight excluding hydrogens is 448 g/mol. The summed E-state index contributed by atoms with van der Waals surface area (Å²) in [6, 6.07) is 12.6. The molecule has 11 nitrogen and oxygen atoms in total. The van der Waals surface area contributed by atoms with Crippen molar-refractivity contribution >= 4 is 21.4 Å². The molecule has 0 fully saturated rings. The predicted molar refractivity (Wildman–Crippen MR) is 119 cm³/mol. The minimum absolute atomic E-state index is 0.212. The SMILES string of the molecule is Cc1ncn(-c2cc(Oc3ccc(NS(=O)(=O)c4cccc([N+](=O)[O-])c4)cc3)ncn2)c1C. The number of rotatable bonds is 7. The van der Waals surface area contributed by atoms with Crippen LogP contribution in [0.5, 0.6) is 11.6 Å². The molecule has 0 saturated carbocycles. The number of sulfonamides is 1. The Balaban J connectivity index is 1.49. The normalized spacial score (nSPS) is 11.2.